The molecule has 0 saturated carbocycles. The number of carbonyl (C=O) groups is 1. The maximum absolute atomic E-state index is 12.0. The van der Waals surface area contributed by atoms with Crippen LogP contribution in [0.5, 0.6) is 0 Å². The lowest BCUT2D eigenvalue weighted by Gasteiger charge is -2.35. The van der Waals surface area contributed by atoms with E-state index in [1.54, 1.807) is 13.8 Å². The second-order valence-electron chi connectivity index (χ2n) is 5.84. The Morgan fingerprint density at radius 2 is 1.94 bits per heavy atom. The van der Waals surface area contributed by atoms with Crippen LogP contribution in [0, 0.1) is 5.92 Å². The number of amides is 1. The largest absolute Gasteiger partial charge is 0.379 e. The van der Waals surface area contributed by atoms with Crippen molar-refractivity contribution >= 4 is 5.91 Å². The number of ether oxygens (including phenoxy) is 1. The smallest absolute Gasteiger partial charge is 0.242 e. The normalized spacial score (nSPS) is 18.8. The summed E-state index contributed by atoms with van der Waals surface area (Å²) in [6, 6.07) is 0. The van der Waals surface area contributed by atoms with Gasteiger partial charge in [0, 0.05) is 19.7 Å². The molecule has 17 heavy (non-hydrogen) atoms. The minimum Gasteiger partial charge on any atom is -0.379 e. The van der Waals surface area contributed by atoms with Gasteiger partial charge in [-0.3, -0.25) is 4.79 Å². The topological polar surface area (TPSA) is 55.6 Å². The molecule has 4 nitrogen and oxygen atoms in total. The number of hydrogen-bond donors (Lipinski definition) is 1. The van der Waals surface area contributed by atoms with Crippen molar-refractivity contribution in [3.63, 3.8) is 0 Å². The second kappa shape index (κ2) is 5.83. The third kappa shape index (κ3) is 4.64. The highest BCUT2D eigenvalue weighted by atomic mass is 16.5. The van der Waals surface area contributed by atoms with Gasteiger partial charge in [0.05, 0.1) is 11.6 Å². The van der Waals surface area contributed by atoms with E-state index < -0.39 is 5.54 Å². The van der Waals surface area contributed by atoms with E-state index in [1.807, 2.05) is 4.90 Å². The zero-order valence-electron chi connectivity index (χ0n) is 11.5. The van der Waals surface area contributed by atoms with E-state index in [0.717, 1.165) is 32.5 Å². The second-order valence-corrected chi connectivity index (χ2v) is 5.84. The van der Waals surface area contributed by atoms with Crippen molar-refractivity contribution < 1.29 is 9.53 Å². The molecule has 0 spiro atoms. The van der Waals surface area contributed by atoms with Gasteiger partial charge in [0.15, 0.2) is 0 Å². The Bertz CT molecular complexity index is 251. The summed E-state index contributed by atoms with van der Waals surface area (Å²) in [5, 5.41) is 0. The Morgan fingerprint density at radius 1 is 1.41 bits per heavy atom. The van der Waals surface area contributed by atoms with Crippen LogP contribution < -0.4 is 5.73 Å². The highest BCUT2D eigenvalue weighted by Crippen LogP contribution is 2.19. The summed E-state index contributed by atoms with van der Waals surface area (Å²) in [7, 11) is 0. The average Bonchev–Trinajstić information content (AvgIpc) is 2.25. The highest BCUT2D eigenvalue weighted by Gasteiger charge is 2.30. The van der Waals surface area contributed by atoms with E-state index in [-0.39, 0.29) is 12.0 Å². The van der Waals surface area contributed by atoms with Gasteiger partial charge < -0.3 is 15.4 Å². The van der Waals surface area contributed by atoms with E-state index in [0.29, 0.717) is 5.92 Å². The molecule has 4 heteroatoms. The summed E-state index contributed by atoms with van der Waals surface area (Å²) in [6.45, 7) is 10.1. The van der Waals surface area contributed by atoms with Crippen LogP contribution in [0.15, 0.2) is 0 Å². The first-order valence-corrected chi connectivity index (χ1v) is 6.50. The zero-order chi connectivity index (χ0) is 13.1. The first kappa shape index (κ1) is 14.5. The number of nitrogens with two attached hydrogens (primary N) is 1. The summed E-state index contributed by atoms with van der Waals surface area (Å²) >= 11 is 0. The Labute approximate surface area is 104 Å². The van der Waals surface area contributed by atoms with E-state index in [1.165, 1.54) is 0 Å². The van der Waals surface area contributed by atoms with Gasteiger partial charge in [0.1, 0.15) is 0 Å². The minimum absolute atomic E-state index is 0.0562. The van der Waals surface area contributed by atoms with Crippen LogP contribution >= 0.6 is 0 Å². The number of likely N-dealkylation sites (tertiary alicyclic amines) is 1. The molecule has 1 aliphatic rings. The molecule has 1 fully saturated rings. The van der Waals surface area contributed by atoms with Crippen molar-refractivity contribution in [1.82, 2.24) is 4.90 Å². The first-order chi connectivity index (χ1) is 7.80. The van der Waals surface area contributed by atoms with Crippen LogP contribution in [0.25, 0.3) is 0 Å². The predicted molar refractivity (Wildman–Crippen MR) is 68.7 cm³/mol. The molecule has 100 valence electrons. The summed E-state index contributed by atoms with van der Waals surface area (Å²) in [4.78, 5) is 13.8. The Balaban J connectivity index is 2.33. The summed E-state index contributed by atoms with van der Waals surface area (Å²) in [5.74, 6) is 0.642. The van der Waals surface area contributed by atoms with Gasteiger partial charge >= 0.3 is 0 Å². The molecule has 0 radical (unpaired) electrons. The molecular formula is C13H26N2O2. The maximum atomic E-state index is 12.0. The molecule has 0 atom stereocenters. The lowest BCUT2D eigenvalue weighted by Crippen LogP contribution is -2.53. The van der Waals surface area contributed by atoms with Gasteiger partial charge in [0.2, 0.25) is 5.91 Å². The zero-order valence-corrected chi connectivity index (χ0v) is 11.5. The monoisotopic (exact) mass is 242 g/mol. The van der Waals surface area contributed by atoms with Gasteiger partial charge in [-0.15, -0.1) is 0 Å². The minimum atomic E-state index is -0.749. The number of nitrogens with zero attached hydrogens (tertiary/aromatic N) is 1. The molecule has 1 saturated heterocycles. The van der Waals surface area contributed by atoms with E-state index in [9.17, 15) is 4.79 Å². The van der Waals surface area contributed by atoms with Crippen molar-refractivity contribution in [2.24, 2.45) is 11.7 Å². The highest BCUT2D eigenvalue weighted by molar-refractivity contribution is 5.85. The van der Waals surface area contributed by atoms with Crippen molar-refractivity contribution in [2.75, 3.05) is 19.7 Å². The number of piperidine rings is 1. The lowest BCUT2D eigenvalue weighted by molar-refractivity contribution is -0.137. The van der Waals surface area contributed by atoms with Gasteiger partial charge in [-0.2, -0.15) is 0 Å². The molecule has 2 N–H and O–H groups in total. The van der Waals surface area contributed by atoms with Gasteiger partial charge in [-0.25, -0.2) is 0 Å². The summed E-state index contributed by atoms with van der Waals surface area (Å²) < 4.78 is 5.62. The number of rotatable bonds is 4. The van der Waals surface area contributed by atoms with Crippen LogP contribution in [0.4, 0.5) is 0 Å². The fraction of sp³-hybridized carbons (Fsp3) is 0.923. The molecule has 1 amide bonds. The third-order valence-electron chi connectivity index (χ3n) is 3.12. The molecule has 1 heterocycles. The number of carbonyl (C=O) groups excluding carboxylic acids is 1. The molecule has 0 aromatic heterocycles. The molecule has 0 aliphatic carbocycles. The van der Waals surface area contributed by atoms with Crippen LogP contribution in [0.2, 0.25) is 0 Å². The molecule has 1 aliphatic heterocycles. The van der Waals surface area contributed by atoms with Crippen molar-refractivity contribution in [3.05, 3.63) is 0 Å². The Kier molecular flexibility index (Phi) is 4.95. The standard InChI is InChI=1S/C13H26N2O2/c1-10(2)17-9-11-5-7-15(8-6-11)12(16)13(3,4)14/h10-11H,5-9,14H2,1-4H3. The first-order valence-electron chi connectivity index (χ1n) is 6.50. The number of hydrogen-bond acceptors (Lipinski definition) is 3. The summed E-state index contributed by atoms with van der Waals surface area (Å²) in [5.41, 5.74) is 5.08. The summed E-state index contributed by atoms with van der Waals surface area (Å²) in [6.07, 6.45) is 2.33. The molecule has 0 aromatic carbocycles. The van der Waals surface area contributed by atoms with Crippen LogP contribution in [0.3, 0.4) is 0 Å². The molecule has 0 bridgehead atoms. The third-order valence-corrected chi connectivity index (χ3v) is 3.12. The van der Waals surface area contributed by atoms with Crippen molar-refractivity contribution in [2.45, 2.75) is 52.2 Å². The molecule has 0 unspecified atom stereocenters. The van der Waals surface area contributed by atoms with Gasteiger partial charge in [-0.05, 0) is 46.5 Å². The Morgan fingerprint density at radius 3 is 2.35 bits per heavy atom. The van der Waals surface area contributed by atoms with Gasteiger partial charge in [0.25, 0.3) is 0 Å². The molecular weight excluding hydrogens is 216 g/mol. The van der Waals surface area contributed by atoms with Crippen LogP contribution in [-0.4, -0.2) is 42.1 Å². The fourth-order valence-electron chi connectivity index (χ4n) is 2.04. The Hall–Kier alpha value is -0.610. The van der Waals surface area contributed by atoms with E-state index >= 15 is 0 Å². The van der Waals surface area contributed by atoms with Crippen LogP contribution in [0.1, 0.15) is 40.5 Å². The quantitative estimate of drug-likeness (QED) is 0.810. The lowest BCUT2D eigenvalue weighted by atomic mass is 9.95. The molecule has 0 aromatic rings. The van der Waals surface area contributed by atoms with Gasteiger partial charge in [-0.1, -0.05) is 0 Å². The maximum Gasteiger partial charge on any atom is 0.242 e. The van der Waals surface area contributed by atoms with E-state index in [4.69, 9.17) is 10.5 Å². The van der Waals surface area contributed by atoms with Crippen LogP contribution in [-0.2, 0) is 9.53 Å². The fourth-order valence-corrected chi connectivity index (χ4v) is 2.04. The predicted octanol–water partition coefficient (Wildman–Crippen LogP) is 1.39. The molecule has 1 rings (SSSR count). The van der Waals surface area contributed by atoms with E-state index in [2.05, 4.69) is 13.8 Å². The average molecular weight is 242 g/mol. The van der Waals surface area contributed by atoms with Crippen molar-refractivity contribution in [1.29, 1.82) is 0 Å². The SMILES string of the molecule is CC(C)OCC1CCN(C(=O)C(C)(C)N)CC1. The van der Waals surface area contributed by atoms with Crippen molar-refractivity contribution in [3.8, 4) is 0 Å².